The van der Waals surface area contributed by atoms with Crippen LogP contribution in [0.1, 0.15) is 77.0 Å². The Morgan fingerprint density at radius 1 is 1.00 bits per heavy atom. The highest BCUT2D eigenvalue weighted by Crippen LogP contribution is 2.65. The van der Waals surface area contributed by atoms with Gasteiger partial charge in [0.1, 0.15) is 0 Å². The van der Waals surface area contributed by atoms with Crippen LogP contribution >= 0.6 is 0 Å². The smallest absolute Gasteiger partial charge is 0.305 e. The number of rotatable bonds is 13. The third-order valence-corrected chi connectivity index (χ3v) is 6.97. The Kier molecular flexibility index (Phi) is 7.18. The van der Waals surface area contributed by atoms with Crippen LogP contribution in [0.3, 0.4) is 0 Å². The van der Waals surface area contributed by atoms with Gasteiger partial charge < -0.3 is 15.2 Å². The van der Waals surface area contributed by atoms with Crippen LogP contribution in [0, 0.1) is 23.2 Å². The zero-order valence-corrected chi connectivity index (χ0v) is 15.8. The summed E-state index contributed by atoms with van der Waals surface area (Å²) >= 11 is 0. The average molecular weight is 352 g/mol. The molecule has 0 spiro atoms. The number of carbonyl (C=O) groups excluding carboxylic acids is 1. The van der Waals surface area contributed by atoms with Crippen molar-refractivity contribution >= 4 is 5.97 Å². The maximum Gasteiger partial charge on any atom is 0.305 e. The Labute approximate surface area is 153 Å². The maximum atomic E-state index is 11.9. The quantitative estimate of drug-likeness (QED) is 0.393. The van der Waals surface area contributed by atoms with Crippen molar-refractivity contribution in [2.75, 3.05) is 26.3 Å². The lowest BCUT2D eigenvalue weighted by Crippen LogP contribution is -2.29. The second-order valence-corrected chi connectivity index (χ2v) is 8.93. The lowest BCUT2D eigenvalue weighted by atomic mass is 9.68. The Morgan fingerprint density at radius 2 is 1.72 bits per heavy atom. The predicted molar refractivity (Wildman–Crippen MR) is 99.2 cm³/mol. The van der Waals surface area contributed by atoms with Crippen LogP contribution in [0.4, 0.5) is 0 Å². The molecule has 0 radical (unpaired) electrons. The summed E-state index contributed by atoms with van der Waals surface area (Å²) in [6, 6.07) is 0. The van der Waals surface area contributed by atoms with Gasteiger partial charge >= 0.3 is 5.97 Å². The molecular formula is C21H37NO3. The first-order chi connectivity index (χ1) is 12.2. The molecule has 4 aliphatic carbocycles. The minimum Gasteiger partial charge on any atom is -0.466 e. The molecule has 0 aromatic heterocycles. The van der Waals surface area contributed by atoms with Crippen LogP contribution in [0.15, 0.2) is 0 Å². The van der Waals surface area contributed by atoms with Gasteiger partial charge in [-0.15, -0.1) is 0 Å². The maximum absolute atomic E-state index is 11.9. The van der Waals surface area contributed by atoms with Crippen molar-refractivity contribution in [3.05, 3.63) is 0 Å². The molecular weight excluding hydrogens is 314 g/mol. The molecule has 0 amide bonds. The summed E-state index contributed by atoms with van der Waals surface area (Å²) in [5, 5.41) is 11.9. The van der Waals surface area contributed by atoms with E-state index in [1.807, 2.05) is 0 Å². The summed E-state index contributed by atoms with van der Waals surface area (Å²) in [6.07, 6.45) is 14.5. The predicted octanol–water partition coefficient (Wildman–Crippen LogP) is 3.67. The third kappa shape index (κ3) is 5.43. The minimum absolute atomic E-state index is 0.0107. The van der Waals surface area contributed by atoms with E-state index in [1.54, 1.807) is 0 Å². The highest BCUT2D eigenvalue weighted by molar-refractivity contribution is 5.69. The molecule has 0 aromatic carbocycles. The van der Waals surface area contributed by atoms with Crippen molar-refractivity contribution in [3.8, 4) is 0 Å². The topological polar surface area (TPSA) is 58.6 Å². The third-order valence-electron chi connectivity index (χ3n) is 6.97. The first kappa shape index (κ1) is 19.2. The zero-order valence-electron chi connectivity index (χ0n) is 15.8. The van der Waals surface area contributed by atoms with Gasteiger partial charge in [-0.1, -0.05) is 19.3 Å². The molecule has 4 fully saturated rings. The molecule has 0 saturated heterocycles. The number of ether oxygens (including phenoxy) is 1. The number of aliphatic hydroxyl groups excluding tert-OH is 1. The van der Waals surface area contributed by atoms with Crippen molar-refractivity contribution in [3.63, 3.8) is 0 Å². The highest BCUT2D eigenvalue weighted by Gasteiger charge is 2.55. The number of esters is 1. The molecule has 144 valence electrons. The molecule has 2 N–H and O–H groups in total. The van der Waals surface area contributed by atoms with E-state index in [0.717, 1.165) is 50.0 Å². The fraction of sp³-hybridized carbons (Fsp3) is 0.952. The first-order valence-electron chi connectivity index (χ1n) is 10.7. The van der Waals surface area contributed by atoms with Gasteiger partial charge in [-0.3, -0.25) is 4.79 Å². The van der Waals surface area contributed by atoms with Crippen LogP contribution < -0.4 is 5.32 Å². The monoisotopic (exact) mass is 351 g/mol. The van der Waals surface area contributed by atoms with E-state index in [1.165, 1.54) is 44.9 Å². The lowest BCUT2D eigenvalue weighted by Gasteiger charge is -2.38. The molecule has 25 heavy (non-hydrogen) atoms. The number of aliphatic hydroxyl groups is 1. The van der Waals surface area contributed by atoms with Crippen LogP contribution in [0.2, 0.25) is 0 Å². The summed E-state index contributed by atoms with van der Waals surface area (Å²) < 4.78 is 5.54. The minimum atomic E-state index is 0.0107. The first-order valence-corrected chi connectivity index (χ1v) is 10.7. The van der Waals surface area contributed by atoms with E-state index in [-0.39, 0.29) is 12.6 Å². The molecule has 2 atom stereocenters. The summed E-state index contributed by atoms with van der Waals surface area (Å²) in [5.41, 5.74) is 0.543. The van der Waals surface area contributed by atoms with Crippen LogP contribution in [-0.2, 0) is 9.53 Å². The van der Waals surface area contributed by atoms with Crippen molar-refractivity contribution < 1.29 is 14.6 Å². The summed E-state index contributed by atoms with van der Waals surface area (Å²) in [5.74, 6) is 3.02. The Bertz CT molecular complexity index is 406. The molecule has 2 unspecified atom stereocenters. The molecule has 4 bridgehead atoms. The van der Waals surface area contributed by atoms with Crippen LogP contribution in [0.5, 0.6) is 0 Å². The highest BCUT2D eigenvalue weighted by atomic mass is 16.5. The molecule has 4 nitrogen and oxygen atoms in total. The number of hydrogen-bond acceptors (Lipinski definition) is 4. The Morgan fingerprint density at radius 3 is 2.44 bits per heavy atom. The van der Waals surface area contributed by atoms with Gasteiger partial charge in [0.25, 0.3) is 0 Å². The fourth-order valence-corrected chi connectivity index (χ4v) is 5.99. The van der Waals surface area contributed by atoms with Gasteiger partial charge in [-0.2, -0.15) is 0 Å². The van der Waals surface area contributed by atoms with Crippen molar-refractivity contribution in [1.82, 2.24) is 5.32 Å². The molecule has 0 heterocycles. The van der Waals surface area contributed by atoms with Crippen LogP contribution in [-0.4, -0.2) is 37.4 Å². The largest absolute Gasteiger partial charge is 0.466 e. The van der Waals surface area contributed by atoms with E-state index >= 15 is 0 Å². The number of hydrogen-bond donors (Lipinski definition) is 2. The zero-order chi connectivity index (χ0) is 17.5. The second-order valence-electron chi connectivity index (χ2n) is 8.93. The standard InChI is InChI=1S/C21H37NO3/c23-10-9-22-8-5-3-1-2-4-6-20(24)25-11-7-21-14-17-12-18(15-21)19(13-17)16-21/h17-19,22-23H,1-16H2. The van der Waals surface area contributed by atoms with E-state index in [0.29, 0.717) is 25.0 Å². The number of nitrogens with one attached hydrogen (secondary N) is 1. The molecule has 4 rings (SSSR count). The molecule has 4 heteroatoms. The number of carbonyl (C=O) groups is 1. The normalized spacial score (nSPS) is 32.4. The molecule has 0 aliphatic heterocycles. The van der Waals surface area contributed by atoms with Crippen molar-refractivity contribution in [2.45, 2.75) is 77.0 Å². The fourth-order valence-electron chi connectivity index (χ4n) is 5.99. The Hall–Kier alpha value is -0.610. The SMILES string of the molecule is O=C(CCCCCCCNCCO)OCCC12CC3CC(C1)C(C3)C2. The van der Waals surface area contributed by atoms with E-state index in [4.69, 9.17) is 9.84 Å². The van der Waals surface area contributed by atoms with E-state index < -0.39 is 0 Å². The summed E-state index contributed by atoms with van der Waals surface area (Å²) in [7, 11) is 0. The lowest BCUT2D eigenvalue weighted by molar-refractivity contribution is -0.144. The van der Waals surface area contributed by atoms with Crippen molar-refractivity contribution in [2.24, 2.45) is 23.2 Å². The summed E-state index contributed by atoms with van der Waals surface area (Å²) in [6.45, 7) is 2.54. The van der Waals surface area contributed by atoms with Crippen LogP contribution in [0.25, 0.3) is 0 Å². The molecule has 0 aromatic rings. The van der Waals surface area contributed by atoms with Gasteiger partial charge in [-0.05, 0) is 81.1 Å². The second kappa shape index (κ2) is 9.36. The van der Waals surface area contributed by atoms with Gasteiger partial charge in [0, 0.05) is 13.0 Å². The van der Waals surface area contributed by atoms with Crippen molar-refractivity contribution in [1.29, 1.82) is 0 Å². The van der Waals surface area contributed by atoms with Gasteiger partial charge in [0.05, 0.1) is 13.2 Å². The Balaban J connectivity index is 1.16. The number of unbranched alkanes of at least 4 members (excludes halogenated alkanes) is 4. The van der Waals surface area contributed by atoms with E-state index in [2.05, 4.69) is 5.32 Å². The molecule has 4 aliphatic rings. The van der Waals surface area contributed by atoms with Gasteiger partial charge in [0.15, 0.2) is 0 Å². The van der Waals surface area contributed by atoms with Gasteiger partial charge in [-0.25, -0.2) is 0 Å². The van der Waals surface area contributed by atoms with Gasteiger partial charge in [0.2, 0.25) is 0 Å². The molecule has 4 saturated carbocycles. The average Bonchev–Trinajstić information content (AvgIpc) is 3.00. The van der Waals surface area contributed by atoms with E-state index in [9.17, 15) is 4.79 Å². The summed E-state index contributed by atoms with van der Waals surface area (Å²) in [4.78, 5) is 11.9.